The Balaban J connectivity index is 1.82. The normalized spacial score (nSPS) is 12.4. The van der Waals surface area contributed by atoms with Crippen molar-refractivity contribution in [2.24, 2.45) is 0 Å². The van der Waals surface area contributed by atoms with E-state index in [2.05, 4.69) is 20.8 Å². The molecule has 1 aromatic heterocycles. The van der Waals surface area contributed by atoms with Crippen molar-refractivity contribution >= 4 is 16.8 Å². The second kappa shape index (κ2) is 9.61. The molecule has 6 nitrogen and oxygen atoms in total. The first kappa shape index (κ1) is 25.2. The lowest BCUT2D eigenvalue weighted by Crippen LogP contribution is -2.35. The van der Waals surface area contributed by atoms with Gasteiger partial charge in [0.2, 0.25) is 0 Å². The largest absolute Gasteiger partial charge is 0.497 e. The van der Waals surface area contributed by atoms with Gasteiger partial charge in [0.15, 0.2) is 0 Å². The Kier molecular flexibility index (Phi) is 6.72. The van der Waals surface area contributed by atoms with Crippen LogP contribution in [0.2, 0.25) is 0 Å². The average molecular weight is 484 g/mol. The Morgan fingerprint density at radius 3 is 2.22 bits per heavy atom. The third-order valence-electron chi connectivity index (χ3n) is 6.73. The van der Waals surface area contributed by atoms with E-state index in [0.29, 0.717) is 33.7 Å². The molecule has 0 aliphatic rings. The molecule has 1 unspecified atom stereocenters. The first-order valence-electron chi connectivity index (χ1n) is 12.1. The van der Waals surface area contributed by atoms with Gasteiger partial charge in [0.1, 0.15) is 11.6 Å². The molecule has 0 saturated carbocycles. The van der Waals surface area contributed by atoms with Gasteiger partial charge in [-0.25, -0.2) is 4.98 Å². The second-order valence-electron chi connectivity index (χ2n) is 10.2. The number of aryl methyl sites for hydroxylation is 1. The number of aromatic nitrogens is 2. The van der Waals surface area contributed by atoms with Gasteiger partial charge < -0.3 is 9.64 Å². The molecule has 0 saturated heterocycles. The first-order valence-corrected chi connectivity index (χ1v) is 12.1. The van der Waals surface area contributed by atoms with Crippen LogP contribution in [0.15, 0.2) is 71.5 Å². The zero-order valence-electron chi connectivity index (χ0n) is 22.0. The maximum Gasteiger partial charge on any atom is 0.266 e. The number of ether oxygens (including phenoxy) is 1. The van der Waals surface area contributed by atoms with Gasteiger partial charge in [0.25, 0.3) is 11.5 Å². The summed E-state index contributed by atoms with van der Waals surface area (Å²) in [7, 11) is 3.35. The van der Waals surface area contributed by atoms with Crippen molar-refractivity contribution in [2.45, 2.75) is 46.1 Å². The smallest absolute Gasteiger partial charge is 0.266 e. The number of nitrogens with zero attached hydrogens (tertiary/aromatic N) is 3. The quantitative estimate of drug-likeness (QED) is 0.358. The lowest BCUT2D eigenvalue weighted by molar-refractivity contribution is 0.0735. The molecular weight excluding hydrogens is 450 g/mol. The number of hydrogen-bond acceptors (Lipinski definition) is 4. The molecule has 0 spiro atoms. The third-order valence-corrected chi connectivity index (χ3v) is 6.73. The summed E-state index contributed by atoms with van der Waals surface area (Å²) in [5.41, 5.74) is 3.79. The molecule has 0 fully saturated rings. The van der Waals surface area contributed by atoms with Crippen LogP contribution in [-0.2, 0) is 5.41 Å². The van der Waals surface area contributed by atoms with Crippen LogP contribution in [0.1, 0.15) is 61.0 Å². The minimum atomic E-state index is -0.474. The molecule has 6 heteroatoms. The van der Waals surface area contributed by atoms with Crippen LogP contribution in [0.25, 0.3) is 16.6 Å². The molecule has 4 rings (SSSR count). The zero-order chi connectivity index (χ0) is 26.2. The Labute approximate surface area is 212 Å². The van der Waals surface area contributed by atoms with Gasteiger partial charge in [-0.3, -0.25) is 14.2 Å². The maximum atomic E-state index is 13.7. The molecular formula is C30H33N3O3. The summed E-state index contributed by atoms with van der Waals surface area (Å²) >= 11 is 0. The number of carbonyl (C=O) groups is 1. The minimum Gasteiger partial charge on any atom is -0.497 e. The van der Waals surface area contributed by atoms with Gasteiger partial charge >= 0.3 is 0 Å². The van der Waals surface area contributed by atoms with Gasteiger partial charge in [0, 0.05) is 12.6 Å². The maximum absolute atomic E-state index is 13.7. The van der Waals surface area contributed by atoms with Crippen LogP contribution in [0.3, 0.4) is 0 Å². The number of carbonyl (C=O) groups excluding carboxylic acids is 1. The van der Waals surface area contributed by atoms with Crippen molar-refractivity contribution in [1.29, 1.82) is 0 Å². The number of para-hydroxylation sites is 1. The van der Waals surface area contributed by atoms with Crippen molar-refractivity contribution < 1.29 is 9.53 Å². The summed E-state index contributed by atoms with van der Waals surface area (Å²) in [4.78, 5) is 33.8. The predicted molar refractivity (Wildman–Crippen MR) is 144 cm³/mol. The average Bonchev–Trinajstić information content (AvgIpc) is 2.87. The summed E-state index contributed by atoms with van der Waals surface area (Å²) in [5.74, 6) is 1.05. The monoisotopic (exact) mass is 483 g/mol. The van der Waals surface area contributed by atoms with Crippen LogP contribution in [0, 0.1) is 6.92 Å². The molecule has 0 aliphatic carbocycles. The van der Waals surface area contributed by atoms with E-state index in [-0.39, 0.29) is 16.9 Å². The van der Waals surface area contributed by atoms with Crippen LogP contribution in [0.5, 0.6) is 5.75 Å². The highest BCUT2D eigenvalue weighted by molar-refractivity contribution is 5.94. The minimum absolute atomic E-state index is 0.00206. The first-order chi connectivity index (χ1) is 17.0. The van der Waals surface area contributed by atoms with E-state index in [0.717, 1.165) is 11.1 Å². The fraction of sp³-hybridized carbons (Fsp3) is 0.300. The Bertz CT molecular complexity index is 1460. The third kappa shape index (κ3) is 4.63. The highest BCUT2D eigenvalue weighted by Gasteiger charge is 2.26. The number of fused-ring (bicyclic) bond motifs is 1. The number of methoxy groups -OCH3 is 1. The number of amides is 1. The lowest BCUT2D eigenvalue weighted by atomic mass is 9.86. The van der Waals surface area contributed by atoms with E-state index in [1.54, 1.807) is 29.7 Å². The number of rotatable bonds is 5. The summed E-state index contributed by atoms with van der Waals surface area (Å²) in [5, 5.41) is 0.536. The predicted octanol–water partition coefficient (Wildman–Crippen LogP) is 5.83. The Morgan fingerprint density at radius 1 is 1.00 bits per heavy atom. The lowest BCUT2D eigenvalue weighted by Gasteiger charge is -2.27. The summed E-state index contributed by atoms with van der Waals surface area (Å²) in [6, 6.07) is 20.1. The fourth-order valence-corrected chi connectivity index (χ4v) is 4.30. The molecule has 1 amide bonds. The van der Waals surface area contributed by atoms with Crippen LogP contribution >= 0.6 is 0 Å². The van der Waals surface area contributed by atoms with E-state index >= 15 is 0 Å². The highest BCUT2D eigenvalue weighted by atomic mass is 16.5. The van der Waals surface area contributed by atoms with E-state index in [4.69, 9.17) is 9.72 Å². The van der Waals surface area contributed by atoms with Crippen LogP contribution in [-0.4, -0.2) is 34.5 Å². The second-order valence-corrected chi connectivity index (χ2v) is 10.2. The van der Waals surface area contributed by atoms with E-state index in [1.165, 1.54) is 0 Å². The Morgan fingerprint density at radius 2 is 1.64 bits per heavy atom. The van der Waals surface area contributed by atoms with Gasteiger partial charge in [-0.05, 0) is 72.9 Å². The standard InChI is InChI=1S/C30H33N3O3/c1-19-9-8-10-25-26(19)31-27(33(29(25)35)23-15-17-24(36-7)18-16-23)20(2)32(6)28(34)21-11-13-22(14-12-21)30(3,4)5/h8-18,20H,1-7H3. The molecule has 1 atom stereocenters. The number of hydrogen-bond donors (Lipinski definition) is 0. The SMILES string of the molecule is COc1ccc(-n2c(C(C)N(C)C(=O)c3ccc(C(C)(C)C)cc3)nc3c(C)cccc3c2=O)cc1. The summed E-state index contributed by atoms with van der Waals surface area (Å²) < 4.78 is 6.89. The highest BCUT2D eigenvalue weighted by Crippen LogP contribution is 2.26. The van der Waals surface area contributed by atoms with Gasteiger partial charge in [0.05, 0.1) is 29.7 Å². The molecule has 3 aromatic carbocycles. The van der Waals surface area contributed by atoms with Gasteiger partial charge in [-0.15, -0.1) is 0 Å². The zero-order valence-corrected chi connectivity index (χ0v) is 22.0. The van der Waals surface area contributed by atoms with Crippen molar-refractivity contribution in [2.75, 3.05) is 14.2 Å². The molecule has 1 heterocycles. The van der Waals surface area contributed by atoms with Crippen LogP contribution < -0.4 is 10.3 Å². The number of benzene rings is 3. The van der Waals surface area contributed by atoms with Crippen molar-refractivity contribution in [3.05, 3.63) is 99.6 Å². The van der Waals surface area contributed by atoms with E-state index in [1.807, 2.05) is 74.5 Å². The molecule has 0 bridgehead atoms. The molecule has 0 aliphatic heterocycles. The van der Waals surface area contributed by atoms with Gasteiger partial charge in [-0.2, -0.15) is 0 Å². The van der Waals surface area contributed by atoms with Crippen molar-refractivity contribution in [3.63, 3.8) is 0 Å². The van der Waals surface area contributed by atoms with Gasteiger partial charge in [-0.1, -0.05) is 45.0 Å². The fourth-order valence-electron chi connectivity index (χ4n) is 4.30. The van der Waals surface area contributed by atoms with Crippen molar-refractivity contribution in [3.8, 4) is 11.4 Å². The van der Waals surface area contributed by atoms with E-state index < -0.39 is 6.04 Å². The molecule has 4 aromatic rings. The van der Waals surface area contributed by atoms with E-state index in [9.17, 15) is 9.59 Å². The molecule has 36 heavy (non-hydrogen) atoms. The Hall–Kier alpha value is -3.93. The molecule has 0 radical (unpaired) electrons. The van der Waals surface area contributed by atoms with Crippen molar-refractivity contribution in [1.82, 2.24) is 14.5 Å². The summed E-state index contributed by atoms with van der Waals surface area (Å²) in [6.07, 6.45) is 0. The molecule has 186 valence electrons. The summed E-state index contributed by atoms with van der Waals surface area (Å²) in [6.45, 7) is 10.3. The topological polar surface area (TPSA) is 64.4 Å². The van der Waals surface area contributed by atoms with Crippen LogP contribution in [0.4, 0.5) is 0 Å². The molecule has 0 N–H and O–H groups in total.